The summed E-state index contributed by atoms with van der Waals surface area (Å²) in [6.07, 6.45) is 0.731. The van der Waals surface area contributed by atoms with E-state index in [0.29, 0.717) is 23.5 Å². The van der Waals surface area contributed by atoms with Crippen molar-refractivity contribution >= 4 is 33.9 Å². The molecule has 0 bridgehead atoms. The summed E-state index contributed by atoms with van der Waals surface area (Å²) >= 11 is 0. The van der Waals surface area contributed by atoms with Gasteiger partial charge in [-0.05, 0) is 61.9 Å². The predicted molar refractivity (Wildman–Crippen MR) is 135 cm³/mol. The average Bonchev–Trinajstić information content (AvgIpc) is 3.34. The highest BCUT2D eigenvalue weighted by Gasteiger charge is 2.18. The molecule has 3 aromatic carbocycles. The van der Waals surface area contributed by atoms with E-state index in [2.05, 4.69) is 0 Å². The van der Waals surface area contributed by atoms with Crippen LogP contribution in [0.3, 0.4) is 0 Å². The number of hydrogen-bond acceptors (Lipinski definition) is 8. The van der Waals surface area contributed by atoms with Crippen molar-refractivity contribution in [3.05, 3.63) is 100 Å². The molecule has 186 valence electrons. The van der Waals surface area contributed by atoms with E-state index in [1.165, 1.54) is 18.2 Å². The molecule has 0 radical (unpaired) electrons. The second-order valence-corrected chi connectivity index (χ2v) is 8.27. The Balaban J connectivity index is 1.36. The summed E-state index contributed by atoms with van der Waals surface area (Å²) in [5.41, 5.74) is 0.806. The third-order valence-electron chi connectivity index (χ3n) is 5.57. The highest BCUT2D eigenvalue weighted by Crippen LogP contribution is 2.28. The first kappa shape index (κ1) is 23.9. The van der Waals surface area contributed by atoms with Gasteiger partial charge < -0.3 is 23.0 Å². The Hall–Kier alpha value is -4.85. The third kappa shape index (κ3) is 4.95. The molecule has 0 unspecified atom stereocenters. The van der Waals surface area contributed by atoms with Gasteiger partial charge in [0.25, 0.3) is 0 Å². The van der Waals surface area contributed by atoms with Crippen LogP contribution < -0.4 is 14.9 Å². The van der Waals surface area contributed by atoms with Gasteiger partial charge >= 0.3 is 11.9 Å². The van der Waals surface area contributed by atoms with Gasteiger partial charge in [-0.15, -0.1) is 0 Å². The van der Waals surface area contributed by atoms with Gasteiger partial charge in [-0.2, -0.15) is 0 Å². The first-order chi connectivity index (χ1) is 17.9. The summed E-state index contributed by atoms with van der Waals surface area (Å²) in [5.74, 6) is -0.223. The van der Waals surface area contributed by atoms with Crippen LogP contribution in [-0.4, -0.2) is 18.5 Å². The number of aryl methyl sites for hydroxylation is 1. The minimum Gasteiger partial charge on any atom is -0.462 e. The molecule has 8 heteroatoms. The van der Waals surface area contributed by atoms with Crippen LogP contribution in [0.15, 0.2) is 86.4 Å². The summed E-state index contributed by atoms with van der Waals surface area (Å²) in [4.78, 5) is 37.7. The Morgan fingerprint density at radius 3 is 2.35 bits per heavy atom. The molecule has 0 atom stereocenters. The van der Waals surface area contributed by atoms with Gasteiger partial charge in [0.1, 0.15) is 28.4 Å². The molecule has 2 aromatic heterocycles. The predicted octanol–water partition coefficient (Wildman–Crippen LogP) is 6.43. The van der Waals surface area contributed by atoms with E-state index in [1.54, 1.807) is 43.3 Å². The molecule has 0 fully saturated rings. The Morgan fingerprint density at radius 1 is 0.838 bits per heavy atom. The molecule has 0 saturated heterocycles. The molecule has 0 spiro atoms. The van der Waals surface area contributed by atoms with Gasteiger partial charge in [-0.3, -0.25) is 4.79 Å². The second kappa shape index (κ2) is 10.0. The Bertz CT molecular complexity index is 1640. The number of carbonyl (C=O) groups is 2. The molecule has 5 aromatic rings. The molecule has 0 N–H and O–H groups in total. The summed E-state index contributed by atoms with van der Waals surface area (Å²) in [6, 6.07) is 19.6. The van der Waals surface area contributed by atoms with Crippen molar-refractivity contribution in [3.63, 3.8) is 0 Å². The quantitative estimate of drug-likeness (QED) is 0.187. The summed E-state index contributed by atoms with van der Waals surface area (Å²) in [7, 11) is 0. The van der Waals surface area contributed by atoms with Crippen LogP contribution in [0.2, 0.25) is 0 Å². The van der Waals surface area contributed by atoms with Gasteiger partial charge in [0.2, 0.25) is 16.9 Å². The Kier molecular flexibility index (Phi) is 6.47. The normalized spacial score (nSPS) is 11.0. The van der Waals surface area contributed by atoms with Crippen LogP contribution in [0.5, 0.6) is 17.2 Å². The van der Waals surface area contributed by atoms with Crippen LogP contribution in [0.25, 0.3) is 21.9 Å². The lowest BCUT2D eigenvalue weighted by Gasteiger charge is -2.10. The van der Waals surface area contributed by atoms with Gasteiger partial charge in [0, 0.05) is 11.5 Å². The number of furan rings is 1. The maximum absolute atomic E-state index is 13.1. The summed E-state index contributed by atoms with van der Waals surface area (Å²) in [6.45, 7) is 3.85. The first-order valence-electron chi connectivity index (χ1n) is 11.7. The van der Waals surface area contributed by atoms with Crippen molar-refractivity contribution in [1.82, 2.24) is 0 Å². The topological polar surface area (TPSA) is 105 Å². The molecule has 37 heavy (non-hydrogen) atoms. The smallest absolute Gasteiger partial charge is 0.379 e. The number of esters is 2. The SMILES string of the molecule is CCCOC(=O)c1ccc(Oc2c(C)oc3cc(OC(=O)c4cc5ccccc5o4)ccc3c2=O)cc1. The third-order valence-corrected chi connectivity index (χ3v) is 5.57. The lowest BCUT2D eigenvalue weighted by atomic mass is 10.2. The van der Waals surface area contributed by atoms with Gasteiger partial charge in [-0.1, -0.05) is 25.1 Å². The first-order valence-corrected chi connectivity index (χ1v) is 11.7. The average molecular weight is 498 g/mol. The van der Waals surface area contributed by atoms with E-state index in [1.807, 2.05) is 25.1 Å². The largest absolute Gasteiger partial charge is 0.462 e. The summed E-state index contributed by atoms with van der Waals surface area (Å²) < 4.78 is 27.7. The van der Waals surface area contributed by atoms with E-state index < -0.39 is 11.9 Å². The molecule has 0 saturated carbocycles. The Labute approximate surface area is 211 Å². The number of benzene rings is 3. The van der Waals surface area contributed by atoms with Crippen LogP contribution in [0.4, 0.5) is 0 Å². The molecule has 0 aliphatic heterocycles. The maximum Gasteiger partial charge on any atom is 0.379 e. The number of hydrogen-bond donors (Lipinski definition) is 0. The van der Waals surface area contributed by atoms with Crippen molar-refractivity contribution in [1.29, 1.82) is 0 Å². The molecule has 8 nitrogen and oxygen atoms in total. The van der Waals surface area contributed by atoms with Crippen LogP contribution in [0.1, 0.15) is 40.0 Å². The van der Waals surface area contributed by atoms with Crippen molar-refractivity contribution in [2.75, 3.05) is 6.61 Å². The minimum absolute atomic E-state index is 0.0147. The fraction of sp³-hybridized carbons (Fsp3) is 0.138. The zero-order chi connectivity index (χ0) is 25.9. The van der Waals surface area contributed by atoms with Crippen LogP contribution >= 0.6 is 0 Å². The zero-order valence-corrected chi connectivity index (χ0v) is 20.1. The molecule has 0 amide bonds. The van der Waals surface area contributed by atoms with Crippen molar-refractivity contribution < 1.29 is 32.6 Å². The number of carbonyl (C=O) groups excluding carboxylic acids is 2. The van der Waals surface area contributed by atoms with E-state index in [9.17, 15) is 14.4 Å². The number of ether oxygens (including phenoxy) is 3. The zero-order valence-electron chi connectivity index (χ0n) is 20.1. The van der Waals surface area contributed by atoms with Crippen LogP contribution in [-0.2, 0) is 4.74 Å². The lowest BCUT2D eigenvalue weighted by molar-refractivity contribution is 0.0504. The maximum atomic E-state index is 13.1. The van der Waals surface area contributed by atoms with Crippen molar-refractivity contribution in [2.45, 2.75) is 20.3 Å². The molecule has 5 rings (SSSR count). The molecule has 2 heterocycles. The molecule has 0 aliphatic rings. The van der Waals surface area contributed by atoms with Gasteiger partial charge in [-0.25, -0.2) is 9.59 Å². The van der Waals surface area contributed by atoms with Crippen molar-refractivity contribution in [2.24, 2.45) is 0 Å². The van der Waals surface area contributed by atoms with E-state index in [-0.39, 0.29) is 39.4 Å². The lowest BCUT2D eigenvalue weighted by Crippen LogP contribution is -2.09. The summed E-state index contributed by atoms with van der Waals surface area (Å²) in [5, 5.41) is 1.04. The Morgan fingerprint density at radius 2 is 1.59 bits per heavy atom. The van der Waals surface area contributed by atoms with Crippen molar-refractivity contribution in [3.8, 4) is 17.2 Å². The highest BCUT2D eigenvalue weighted by molar-refractivity contribution is 5.94. The number of para-hydroxylation sites is 1. The fourth-order valence-electron chi connectivity index (χ4n) is 3.74. The molecular formula is C29H22O8. The molecule has 0 aliphatic carbocycles. The van der Waals surface area contributed by atoms with E-state index in [0.717, 1.165) is 11.8 Å². The highest BCUT2D eigenvalue weighted by atomic mass is 16.5. The van der Waals surface area contributed by atoms with E-state index >= 15 is 0 Å². The number of fused-ring (bicyclic) bond motifs is 2. The second-order valence-electron chi connectivity index (χ2n) is 8.27. The van der Waals surface area contributed by atoms with Crippen LogP contribution in [0, 0.1) is 6.92 Å². The van der Waals surface area contributed by atoms with Gasteiger partial charge in [0.05, 0.1) is 17.6 Å². The standard InChI is InChI=1S/C29H22O8/c1-3-14-33-28(31)18-8-10-20(11-9-18)35-27-17(2)34-24-16-21(12-13-22(24)26(27)30)36-29(32)25-15-19-6-4-5-7-23(19)37-25/h4-13,15-16H,3,14H2,1-2H3. The minimum atomic E-state index is -0.670. The van der Waals surface area contributed by atoms with Gasteiger partial charge in [0.15, 0.2) is 0 Å². The fourth-order valence-corrected chi connectivity index (χ4v) is 3.74. The molecular weight excluding hydrogens is 476 g/mol. The van der Waals surface area contributed by atoms with E-state index in [4.69, 9.17) is 23.0 Å². The monoisotopic (exact) mass is 498 g/mol. The number of rotatable bonds is 7.